The first kappa shape index (κ1) is 11.6. The zero-order valence-corrected chi connectivity index (χ0v) is 9.43. The van der Waals surface area contributed by atoms with Crippen molar-refractivity contribution in [1.82, 2.24) is 0 Å². The summed E-state index contributed by atoms with van der Waals surface area (Å²) >= 11 is 0. The molecule has 0 fully saturated rings. The van der Waals surface area contributed by atoms with E-state index in [0.29, 0.717) is 5.92 Å². The van der Waals surface area contributed by atoms with Gasteiger partial charge < -0.3 is 0 Å². The van der Waals surface area contributed by atoms with Gasteiger partial charge in [-0.25, -0.2) is 0 Å². The SMILES string of the molecule is C/C=N/C=C/C/C1=N/C=C\C(C)/C=C\C1. The average Bonchev–Trinajstić information content (AvgIpc) is 2.20. The third-order valence-electron chi connectivity index (χ3n) is 2.13. The van der Waals surface area contributed by atoms with Crippen LogP contribution >= 0.6 is 0 Å². The van der Waals surface area contributed by atoms with E-state index in [2.05, 4.69) is 35.1 Å². The molecule has 1 unspecified atom stereocenters. The average molecular weight is 202 g/mol. The summed E-state index contributed by atoms with van der Waals surface area (Å²) in [7, 11) is 0. The number of aliphatic imine (C=N–C) groups is 2. The van der Waals surface area contributed by atoms with E-state index in [0.717, 1.165) is 12.8 Å². The molecule has 1 atom stereocenters. The van der Waals surface area contributed by atoms with Crippen LogP contribution < -0.4 is 0 Å². The van der Waals surface area contributed by atoms with Gasteiger partial charge in [-0.1, -0.05) is 31.2 Å². The van der Waals surface area contributed by atoms with Gasteiger partial charge in [0.15, 0.2) is 0 Å². The summed E-state index contributed by atoms with van der Waals surface area (Å²) < 4.78 is 0. The molecule has 0 N–H and O–H groups in total. The summed E-state index contributed by atoms with van der Waals surface area (Å²) in [6.45, 7) is 4.06. The highest BCUT2D eigenvalue weighted by Gasteiger charge is 1.97. The number of hydrogen-bond acceptors (Lipinski definition) is 2. The van der Waals surface area contributed by atoms with Gasteiger partial charge in [0.2, 0.25) is 0 Å². The molecule has 1 aliphatic rings. The fourth-order valence-corrected chi connectivity index (χ4v) is 1.29. The molecule has 1 aliphatic heterocycles. The Balaban J connectivity index is 2.51. The predicted molar refractivity (Wildman–Crippen MR) is 67.4 cm³/mol. The monoisotopic (exact) mass is 202 g/mol. The maximum Gasteiger partial charge on any atom is 0.0254 e. The first-order valence-corrected chi connectivity index (χ1v) is 5.34. The minimum absolute atomic E-state index is 0.496. The molecule has 0 aromatic heterocycles. The minimum Gasteiger partial charge on any atom is -0.270 e. The third kappa shape index (κ3) is 5.11. The van der Waals surface area contributed by atoms with Crippen molar-refractivity contribution in [2.24, 2.45) is 15.9 Å². The van der Waals surface area contributed by atoms with Crippen molar-refractivity contribution >= 4 is 11.9 Å². The standard InChI is InChI=1S/C13H18N2/c1-3-14-10-5-8-13-7-4-6-12(2)9-11-15-13/h3-6,9-12H,7-8H2,1-2H3/b6-4-,10-5+,11-9-,14-3+,15-13+. The first-order chi connectivity index (χ1) is 7.33. The Morgan fingerprint density at radius 2 is 2.40 bits per heavy atom. The highest BCUT2D eigenvalue weighted by Crippen LogP contribution is 2.07. The van der Waals surface area contributed by atoms with Crippen LogP contribution in [0, 0.1) is 5.92 Å². The van der Waals surface area contributed by atoms with Gasteiger partial charge in [0.1, 0.15) is 0 Å². The van der Waals surface area contributed by atoms with Crippen LogP contribution in [0.4, 0.5) is 0 Å². The van der Waals surface area contributed by atoms with E-state index < -0.39 is 0 Å². The Bertz CT molecular complexity index is 319. The summed E-state index contributed by atoms with van der Waals surface area (Å²) in [5.41, 5.74) is 1.18. The van der Waals surface area contributed by atoms with Crippen LogP contribution in [0.2, 0.25) is 0 Å². The number of rotatable bonds is 3. The molecule has 0 bridgehead atoms. The lowest BCUT2D eigenvalue weighted by molar-refractivity contribution is 0.926. The first-order valence-electron chi connectivity index (χ1n) is 5.34. The van der Waals surface area contributed by atoms with E-state index in [1.54, 1.807) is 6.21 Å². The minimum atomic E-state index is 0.496. The van der Waals surface area contributed by atoms with Gasteiger partial charge in [-0.15, -0.1) is 0 Å². The molecule has 80 valence electrons. The molecular weight excluding hydrogens is 184 g/mol. The Kier molecular flexibility index (Phi) is 5.38. The summed E-state index contributed by atoms with van der Waals surface area (Å²) in [6.07, 6.45) is 15.8. The number of hydrogen-bond donors (Lipinski definition) is 0. The molecule has 15 heavy (non-hydrogen) atoms. The van der Waals surface area contributed by atoms with Crippen LogP contribution in [0.1, 0.15) is 26.7 Å². The molecule has 0 radical (unpaired) electrons. The van der Waals surface area contributed by atoms with Crippen molar-refractivity contribution in [3.05, 3.63) is 36.7 Å². The molecule has 0 aliphatic carbocycles. The highest BCUT2D eigenvalue weighted by atomic mass is 14.7. The quantitative estimate of drug-likeness (QED) is 0.494. The third-order valence-corrected chi connectivity index (χ3v) is 2.13. The van der Waals surface area contributed by atoms with Crippen molar-refractivity contribution in [3.63, 3.8) is 0 Å². The Morgan fingerprint density at radius 3 is 3.20 bits per heavy atom. The molecule has 2 heteroatoms. The lowest BCUT2D eigenvalue weighted by Crippen LogP contribution is -1.96. The van der Waals surface area contributed by atoms with E-state index in [-0.39, 0.29) is 0 Å². The summed E-state index contributed by atoms with van der Waals surface area (Å²) in [5, 5.41) is 0. The second-order valence-electron chi connectivity index (χ2n) is 3.52. The summed E-state index contributed by atoms with van der Waals surface area (Å²) in [6, 6.07) is 0. The van der Waals surface area contributed by atoms with Gasteiger partial charge in [0.25, 0.3) is 0 Å². The van der Waals surface area contributed by atoms with Gasteiger partial charge >= 0.3 is 0 Å². The van der Waals surface area contributed by atoms with Crippen LogP contribution in [0.3, 0.4) is 0 Å². The van der Waals surface area contributed by atoms with Crippen molar-refractivity contribution in [1.29, 1.82) is 0 Å². The smallest absolute Gasteiger partial charge is 0.0254 e. The maximum atomic E-state index is 4.41. The zero-order valence-electron chi connectivity index (χ0n) is 9.43. The molecular formula is C13H18N2. The van der Waals surface area contributed by atoms with Gasteiger partial charge in [0.05, 0.1) is 0 Å². The second-order valence-corrected chi connectivity index (χ2v) is 3.52. The van der Waals surface area contributed by atoms with Crippen molar-refractivity contribution in [2.75, 3.05) is 0 Å². The molecule has 0 amide bonds. The van der Waals surface area contributed by atoms with Crippen LogP contribution in [0.5, 0.6) is 0 Å². The maximum absolute atomic E-state index is 4.41. The topological polar surface area (TPSA) is 24.7 Å². The van der Waals surface area contributed by atoms with Gasteiger partial charge in [-0.2, -0.15) is 0 Å². The fraction of sp³-hybridized carbons (Fsp3) is 0.385. The Labute approximate surface area is 91.8 Å². The molecule has 0 saturated heterocycles. The Hall–Kier alpha value is -1.44. The molecule has 0 aromatic carbocycles. The lowest BCUT2D eigenvalue weighted by atomic mass is 10.1. The predicted octanol–water partition coefficient (Wildman–Crippen LogP) is 3.53. The van der Waals surface area contributed by atoms with Crippen LogP contribution in [0.15, 0.2) is 46.7 Å². The molecule has 0 spiro atoms. The molecule has 1 rings (SSSR count). The van der Waals surface area contributed by atoms with Gasteiger partial charge in [-0.3, -0.25) is 9.98 Å². The number of allylic oxidation sites excluding steroid dienone is 4. The van der Waals surface area contributed by atoms with Crippen molar-refractivity contribution < 1.29 is 0 Å². The van der Waals surface area contributed by atoms with Gasteiger partial charge in [-0.05, 0) is 12.8 Å². The van der Waals surface area contributed by atoms with Gasteiger partial charge in [0, 0.05) is 37.2 Å². The van der Waals surface area contributed by atoms with E-state index in [1.807, 2.05) is 25.4 Å². The van der Waals surface area contributed by atoms with E-state index in [9.17, 15) is 0 Å². The molecule has 2 nitrogen and oxygen atoms in total. The lowest BCUT2D eigenvalue weighted by Gasteiger charge is -2.03. The van der Waals surface area contributed by atoms with E-state index in [4.69, 9.17) is 0 Å². The van der Waals surface area contributed by atoms with E-state index >= 15 is 0 Å². The summed E-state index contributed by atoms with van der Waals surface area (Å²) in [5.74, 6) is 0.496. The fourth-order valence-electron chi connectivity index (χ4n) is 1.29. The number of nitrogens with zero attached hydrogens (tertiary/aromatic N) is 2. The molecule has 0 saturated carbocycles. The van der Waals surface area contributed by atoms with Crippen LogP contribution in [-0.2, 0) is 0 Å². The van der Waals surface area contributed by atoms with E-state index in [1.165, 1.54) is 5.71 Å². The highest BCUT2D eigenvalue weighted by molar-refractivity contribution is 5.87. The normalized spacial score (nSPS) is 29.7. The van der Waals surface area contributed by atoms with Crippen molar-refractivity contribution in [3.8, 4) is 0 Å². The largest absolute Gasteiger partial charge is 0.270 e. The van der Waals surface area contributed by atoms with Crippen LogP contribution in [-0.4, -0.2) is 11.9 Å². The Morgan fingerprint density at radius 1 is 1.53 bits per heavy atom. The van der Waals surface area contributed by atoms with Crippen molar-refractivity contribution in [2.45, 2.75) is 26.7 Å². The molecule has 0 aromatic rings. The second kappa shape index (κ2) is 6.93. The summed E-state index contributed by atoms with van der Waals surface area (Å²) in [4.78, 5) is 8.43. The zero-order chi connectivity index (χ0) is 10.9. The molecule has 1 heterocycles. The van der Waals surface area contributed by atoms with Crippen LogP contribution in [0.25, 0.3) is 0 Å².